The van der Waals surface area contributed by atoms with Crippen LogP contribution in [0.1, 0.15) is 24.5 Å². The monoisotopic (exact) mass is 309 g/mol. The summed E-state index contributed by atoms with van der Waals surface area (Å²) in [6, 6.07) is 8.54. The number of hydrogen-bond acceptors (Lipinski definition) is 4. The Bertz CT molecular complexity index is 635. The maximum absolute atomic E-state index is 12.4. The first-order valence-electron chi connectivity index (χ1n) is 6.61. The fraction of sp³-hybridized carbons (Fsp3) is 0.429. The van der Waals surface area contributed by atoms with Crippen molar-refractivity contribution in [3.8, 4) is 6.07 Å². The molecule has 1 amide bonds. The number of nitrogens with zero attached hydrogens (tertiary/aromatic N) is 2. The minimum atomic E-state index is -3.65. The summed E-state index contributed by atoms with van der Waals surface area (Å²) in [4.78, 5) is 11.4. The summed E-state index contributed by atoms with van der Waals surface area (Å²) in [7, 11) is -2.19. The van der Waals surface area contributed by atoms with Crippen LogP contribution in [0.5, 0.6) is 0 Å². The fourth-order valence-corrected chi connectivity index (χ4v) is 3.45. The Kier molecular flexibility index (Phi) is 6.34. The van der Waals surface area contributed by atoms with Gasteiger partial charge in [0.15, 0.2) is 0 Å². The summed E-state index contributed by atoms with van der Waals surface area (Å²) in [5, 5.41) is 11.4. The molecular weight excluding hydrogens is 290 g/mol. The van der Waals surface area contributed by atoms with Crippen molar-refractivity contribution in [1.82, 2.24) is 9.62 Å². The summed E-state index contributed by atoms with van der Waals surface area (Å²) in [6.07, 6.45) is 0.607. The molecule has 0 saturated carbocycles. The normalized spacial score (nSPS) is 11.1. The van der Waals surface area contributed by atoms with Gasteiger partial charge in [0.2, 0.25) is 15.9 Å². The number of carbonyl (C=O) groups is 1. The lowest BCUT2D eigenvalue weighted by Crippen LogP contribution is -2.40. The molecule has 0 spiro atoms. The summed E-state index contributed by atoms with van der Waals surface area (Å²) in [5.41, 5.74) is 0.774. The molecule has 0 saturated heterocycles. The number of carbonyl (C=O) groups excluding carboxylic acids is 1. The minimum Gasteiger partial charge on any atom is -0.358 e. The second-order valence-corrected chi connectivity index (χ2v) is 6.50. The van der Waals surface area contributed by atoms with E-state index in [1.807, 2.05) is 13.0 Å². The predicted octanol–water partition coefficient (Wildman–Crippen LogP) is 0.846. The molecule has 0 aliphatic rings. The molecule has 114 valence electrons. The number of rotatable bonds is 7. The first-order chi connectivity index (χ1) is 9.94. The quantitative estimate of drug-likeness (QED) is 0.808. The first-order valence-corrected chi connectivity index (χ1v) is 8.22. The summed E-state index contributed by atoms with van der Waals surface area (Å²) in [5.74, 6) is -0.645. The van der Waals surface area contributed by atoms with Gasteiger partial charge in [0.1, 0.15) is 0 Å². The number of likely N-dealkylation sites (N-methyl/N-ethyl adjacent to an activating group) is 1. The van der Waals surface area contributed by atoms with Crippen LogP contribution in [0.25, 0.3) is 0 Å². The molecule has 7 heteroatoms. The van der Waals surface area contributed by atoms with E-state index in [1.165, 1.54) is 7.05 Å². The highest BCUT2D eigenvalue weighted by molar-refractivity contribution is 7.88. The van der Waals surface area contributed by atoms with E-state index in [1.54, 1.807) is 24.3 Å². The molecule has 6 nitrogen and oxygen atoms in total. The Morgan fingerprint density at radius 1 is 1.38 bits per heavy atom. The first kappa shape index (κ1) is 17.1. The van der Waals surface area contributed by atoms with Crippen molar-refractivity contribution < 1.29 is 13.2 Å². The van der Waals surface area contributed by atoms with Gasteiger partial charge in [-0.2, -0.15) is 9.57 Å². The average molecular weight is 309 g/mol. The summed E-state index contributed by atoms with van der Waals surface area (Å²) < 4.78 is 26.0. The van der Waals surface area contributed by atoms with E-state index in [2.05, 4.69) is 5.32 Å². The number of amides is 1. The average Bonchev–Trinajstić information content (AvgIpc) is 2.46. The van der Waals surface area contributed by atoms with Crippen LogP contribution in [0.2, 0.25) is 0 Å². The minimum absolute atomic E-state index is 0.207. The third kappa shape index (κ3) is 4.85. The van der Waals surface area contributed by atoms with Gasteiger partial charge in [0.05, 0.1) is 23.9 Å². The van der Waals surface area contributed by atoms with Crippen molar-refractivity contribution in [3.05, 3.63) is 35.4 Å². The van der Waals surface area contributed by atoms with Crippen molar-refractivity contribution >= 4 is 15.9 Å². The lowest BCUT2D eigenvalue weighted by Gasteiger charge is -2.21. The van der Waals surface area contributed by atoms with Crippen LogP contribution in [0.15, 0.2) is 24.3 Å². The molecule has 1 N–H and O–H groups in total. The Balaban J connectivity index is 3.01. The van der Waals surface area contributed by atoms with Crippen LogP contribution in [-0.4, -0.2) is 38.8 Å². The Morgan fingerprint density at radius 3 is 2.62 bits per heavy atom. The zero-order chi connectivity index (χ0) is 15.9. The van der Waals surface area contributed by atoms with E-state index in [9.17, 15) is 13.2 Å². The standard InChI is InChI=1S/C14H19N3O3S/c1-3-8-17(10-14(18)16-2)21(19,20)11-13-7-5-4-6-12(13)9-15/h4-7H,3,8,10-11H2,1-2H3,(H,16,18). The summed E-state index contributed by atoms with van der Waals surface area (Å²) >= 11 is 0. The third-order valence-corrected chi connectivity index (χ3v) is 4.72. The number of sulfonamides is 1. The van der Waals surface area contributed by atoms with Gasteiger partial charge in [-0.25, -0.2) is 8.42 Å². The van der Waals surface area contributed by atoms with Crippen molar-refractivity contribution in [2.24, 2.45) is 0 Å². The van der Waals surface area contributed by atoms with E-state index >= 15 is 0 Å². The molecule has 0 aliphatic heterocycles. The lowest BCUT2D eigenvalue weighted by atomic mass is 10.1. The molecule has 21 heavy (non-hydrogen) atoms. The van der Waals surface area contributed by atoms with E-state index in [0.29, 0.717) is 17.5 Å². The lowest BCUT2D eigenvalue weighted by molar-refractivity contribution is -0.120. The van der Waals surface area contributed by atoms with Crippen LogP contribution in [0, 0.1) is 11.3 Å². The van der Waals surface area contributed by atoms with E-state index in [0.717, 1.165) is 4.31 Å². The van der Waals surface area contributed by atoms with Crippen molar-refractivity contribution in [2.75, 3.05) is 20.1 Å². The Labute approximate surface area is 125 Å². The predicted molar refractivity (Wildman–Crippen MR) is 79.7 cm³/mol. The summed E-state index contributed by atoms with van der Waals surface area (Å²) in [6.45, 7) is 1.90. The molecule has 1 rings (SSSR count). The largest absolute Gasteiger partial charge is 0.358 e. The molecule has 0 aliphatic carbocycles. The van der Waals surface area contributed by atoms with Gasteiger partial charge in [-0.3, -0.25) is 4.79 Å². The van der Waals surface area contributed by atoms with Gasteiger partial charge in [-0.05, 0) is 18.1 Å². The molecular formula is C14H19N3O3S. The van der Waals surface area contributed by atoms with E-state index in [4.69, 9.17) is 5.26 Å². The smallest absolute Gasteiger partial charge is 0.235 e. The van der Waals surface area contributed by atoms with Crippen LogP contribution >= 0.6 is 0 Å². The maximum Gasteiger partial charge on any atom is 0.235 e. The van der Waals surface area contributed by atoms with Gasteiger partial charge in [-0.1, -0.05) is 25.1 Å². The molecule has 0 fully saturated rings. The highest BCUT2D eigenvalue weighted by Gasteiger charge is 2.24. The van der Waals surface area contributed by atoms with E-state index < -0.39 is 10.0 Å². The van der Waals surface area contributed by atoms with Crippen molar-refractivity contribution in [2.45, 2.75) is 19.1 Å². The number of nitriles is 1. The molecule has 0 heterocycles. The number of hydrogen-bond donors (Lipinski definition) is 1. The molecule has 1 aromatic rings. The van der Waals surface area contributed by atoms with Crippen LogP contribution in [0.3, 0.4) is 0 Å². The fourth-order valence-electron chi connectivity index (χ4n) is 1.85. The molecule has 0 radical (unpaired) electrons. The van der Waals surface area contributed by atoms with Crippen molar-refractivity contribution in [3.63, 3.8) is 0 Å². The Hall–Kier alpha value is -1.91. The number of benzene rings is 1. The maximum atomic E-state index is 12.4. The van der Waals surface area contributed by atoms with Gasteiger partial charge < -0.3 is 5.32 Å². The highest BCUT2D eigenvalue weighted by Crippen LogP contribution is 2.15. The van der Waals surface area contributed by atoms with Crippen molar-refractivity contribution in [1.29, 1.82) is 5.26 Å². The molecule has 1 aromatic carbocycles. The SMILES string of the molecule is CCCN(CC(=O)NC)S(=O)(=O)Cc1ccccc1C#N. The van der Waals surface area contributed by atoms with Gasteiger partial charge >= 0.3 is 0 Å². The zero-order valence-corrected chi connectivity index (χ0v) is 13.0. The topological polar surface area (TPSA) is 90.3 Å². The molecule has 0 atom stereocenters. The van der Waals surface area contributed by atoms with Crippen LogP contribution in [-0.2, 0) is 20.6 Å². The van der Waals surface area contributed by atoms with Gasteiger partial charge in [-0.15, -0.1) is 0 Å². The highest BCUT2D eigenvalue weighted by atomic mass is 32.2. The van der Waals surface area contributed by atoms with Crippen LogP contribution in [0.4, 0.5) is 0 Å². The second-order valence-electron chi connectivity index (χ2n) is 4.53. The number of nitrogens with one attached hydrogen (secondary N) is 1. The molecule has 0 unspecified atom stereocenters. The zero-order valence-electron chi connectivity index (χ0n) is 12.2. The Morgan fingerprint density at radius 2 is 2.05 bits per heavy atom. The molecule has 0 aromatic heterocycles. The molecule has 0 bridgehead atoms. The van der Waals surface area contributed by atoms with Gasteiger partial charge in [0, 0.05) is 13.6 Å². The van der Waals surface area contributed by atoms with Gasteiger partial charge in [0.25, 0.3) is 0 Å². The van der Waals surface area contributed by atoms with E-state index in [-0.39, 0.29) is 24.7 Å². The van der Waals surface area contributed by atoms with Crippen LogP contribution < -0.4 is 5.32 Å². The second kappa shape index (κ2) is 7.76. The third-order valence-electron chi connectivity index (χ3n) is 2.94.